The van der Waals surface area contributed by atoms with Crippen LogP contribution in [-0.2, 0) is 14.2 Å². The summed E-state index contributed by atoms with van der Waals surface area (Å²) in [4.78, 5) is 12.1. The molecule has 3 heterocycles. The highest BCUT2D eigenvalue weighted by atomic mass is 16.7. The molecule has 2 fully saturated rings. The summed E-state index contributed by atoms with van der Waals surface area (Å²) in [7, 11) is 0. The van der Waals surface area contributed by atoms with Gasteiger partial charge in [-0.2, -0.15) is 0 Å². The number of fused-ring (bicyclic) bond motifs is 1. The first-order valence-electron chi connectivity index (χ1n) is 14.2. The summed E-state index contributed by atoms with van der Waals surface area (Å²) < 4.78 is 18.2. The average Bonchev–Trinajstić information content (AvgIpc) is 2.86. The van der Waals surface area contributed by atoms with E-state index in [2.05, 4.69) is 39.8 Å². The molecule has 1 spiro atoms. The van der Waals surface area contributed by atoms with Gasteiger partial charge in [0.15, 0.2) is 5.79 Å². The molecule has 6 nitrogen and oxygen atoms in total. The average molecular weight is 525 g/mol. The van der Waals surface area contributed by atoms with Gasteiger partial charge in [0.05, 0.1) is 23.9 Å². The van der Waals surface area contributed by atoms with E-state index in [9.17, 15) is 15.0 Å². The highest BCUT2D eigenvalue weighted by Gasteiger charge is 2.46. The first kappa shape index (κ1) is 28.6. The van der Waals surface area contributed by atoms with E-state index in [-0.39, 0.29) is 30.5 Å². The Morgan fingerprint density at radius 3 is 2.82 bits per heavy atom. The van der Waals surface area contributed by atoms with E-state index in [1.54, 1.807) is 19.1 Å². The van der Waals surface area contributed by atoms with Gasteiger partial charge in [0.25, 0.3) is 0 Å². The molecule has 0 aliphatic carbocycles. The first-order chi connectivity index (χ1) is 18.1. The van der Waals surface area contributed by atoms with Crippen molar-refractivity contribution in [1.82, 2.24) is 0 Å². The van der Waals surface area contributed by atoms with Crippen molar-refractivity contribution in [3.63, 3.8) is 0 Å². The molecule has 0 radical (unpaired) electrons. The zero-order chi connectivity index (χ0) is 27.4. The summed E-state index contributed by atoms with van der Waals surface area (Å²) in [5.74, 6) is 0.0322. The number of phenolic OH excluding ortho intramolecular Hbond substituents is 1. The Kier molecular flexibility index (Phi) is 9.17. The van der Waals surface area contributed by atoms with Crippen molar-refractivity contribution in [2.75, 3.05) is 6.61 Å². The van der Waals surface area contributed by atoms with Gasteiger partial charge >= 0.3 is 5.97 Å². The second kappa shape index (κ2) is 12.2. The molecule has 0 aromatic heterocycles. The molecule has 6 atom stereocenters. The summed E-state index contributed by atoms with van der Waals surface area (Å²) in [5.41, 5.74) is 4.04. The monoisotopic (exact) mass is 524 g/mol. The first-order valence-corrected chi connectivity index (χ1v) is 14.2. The maximum absolute atomic E-state index is 12.1. The Labute approximate surface area is 227 Å². The van der Waals surface area contributed by atoms with E-state index in [4.69, 9.17) is 14.2 Å². The van der Waals surface area contributed by atoms with Gasteiger partial charge in [-0.05, 0) is 80.2 Å². The van der Waals surface area contributed by atoms with Crippen molar-refractivity contribution in [1.29, 1.82) is 0 Å². The maximum Gasteiger partial charge on any atom is 0.339 e. The summed E-state index contributed by atoms with van der Waals surface area (Å²) in [5, 5.41) is 20.7. The molecule has 0 saturated carbocycles. The third-order valence-electron chi connectivity index (χ3n) is 8.22. The summed E-state index contributed by atoms with van der Waals surface area (Å²) in [6.45, 7) is 10.7. The number of carbonyl (C=O) groups is 1. The van der Waals surface area contributed by atoms with Gasteiger partial charge in [-0.1, -0.05) is 50.6 Å². The summed E-state index contributed by atoms with van der Waals surface area (Å²) in [6, 6.07) is 3.33. The predicted molar refractivity (Wildman–Crippen MR) is 149 cm³/mol. The number of esters is 1. The lowest BCUT2D eigenvalue weighted by Crippen LogP contribution is -2.53. The van der Waals surface area contributed by atoms with Crippen molar-refractivity contribution in [2.45, 2.75) is 104 Å². The van der Waals surface area contributed by atoms with Crippen LogP contribution < -0.4 is 0 Å². The molecule has 3 aliphatic heterocycles. The largest absolute Gasteiger partial charge is 0.508 e. The number of phenols is 1. The third-order valence-corrected chi connectivity index (χ3v) is 8.22. The molecular weight excluding hydrogens is 480 g/mol. The van der Waals surface area contributed by atoms with Gasteiger partial charge in [0.2, 0.25) is 0 Å². The molecule has 0 amide bonds. The molecule has 3 aliphatic rings. The number of hydrogen-bond acceptors (Lipinski definition) is 6. The number of aryl methyl sites for hydroxylation is 1. The maximum atomic E-state index is 12.1. The minimum atomic E-state index is -0.637. The molecule has 1 aromatic rings. The number of aliphatic hydroxyl groups is 1. The van der Waals surface area contributed by atoms with Gasteiger partial charge in [0.1, 0.15) is 12.4 Å². The van der Waals surface area contributed by atoms with Crippen molar-refractivity contribution >= 4 is 11.5 Å². The number of rotatable bonds is 7. The molecule has 0 unspecified atom stereocenters. The van der Waals surface area contributed by atoms with Crippen LogP contribution >= 0.6 is 0 Å². The van der Waals surface area contributed by atoms with Crippen LogP contribution in [0.4, 0.5) is 0 Å². The minimum Gasteiger partial charge on any atom is -0.508 e. The second-order valence-electron chi connectivity index (χ2n) is 11.6. The smallest absolute Gasteiger partial charge is 0.339 e. The van der Waals surface area contributed by atoms with Crippen LogP contribution in [0.1, 0.15) is 94.1 Å². The number of aliphatic hydroxyl groups excluding tert-OH is 1. The van der Waals surface area contributed by atoms with Gasteiger partial charge in [0, 0.05) is 19.3 Å². The standard InChI is InChI=1S/C32H44O6/c1-6-30-22(4)12-13-32(38-30)18-25(33)16-26(37-32)11-10-21(3)14-20(2)8-7-9-24-19-36-31(35)28-15-23(5)29(34)17-27(24)28/h7-10,15,17,20,22,25-26,30,33-34H,6,11-14,16,18-19H2,1-5H3/b8-7+,21-10+,24-9-/t20-,22-,25-,26+,30+,32+/m0/s1. The molecular formula is C32H44O6. The quantitative estimate of drug-likeness (QED) is 0.307. The lowest BCUT2D eigenvalue weighted by molar-refractivity contribution is -0.334. The topological polar surface area (TPSA) is 85.2 Å². The Morgan fingerprint density at radius 2 is 2.05 bits per heavy atom. The lowest BCUT2D eigenvalue weighted by Gasteiger charge is -2.49. The number of cyclic esters (lactones) is 1. The van der Waals surface area contributed by atoms with E-state index < -0.39 is 11.9 Å². The van der Waals surface area contributed by atoms with Crippen LogP contribution in [0.3, 0.4) is 0 Å². The van der Waals surface area contributed by atoms with E-state index in [0.717, 1.165) is 43.2 Å². The van der Waals surface area contributed by atoms with Gasteiger partial charge in [-0.15, -0.1) is 0 Å². The van der Waals surface area contributed by atoms with Crippen LogP contribution in [0, 0.1) is 18.8 Å². The predicted octanol–water partition coefficient (Wildman–Crippen LogP) is 6.63. The van der Waals surface area contributed by atoms with Crippen molar-refractivity contribution < 1.29 is 29.2 Å². The number of allylic oxidation sites excluding steroid dienone is 4. The number of aromatic hydroxyl groups is 1. The second-order valence-corrected chi connectivity index (χ2v) is 11.6. The third kappa shape index (κ3) is 6.77. The van der Waals surface area contributed by atoms with E-state index >= 15 is 0 Å². The van der Waals surface area contributed by atoms with Crippen LogP contribution in [0.25, 0.3) is 5.57 Å². The van der Waals surface area contributed by atoms with E-state index in [1.807, 2.05) is 12.2 Å². The highest BCUT2D eigenvalue weighted by molar-refractivity contribution is 5.99. The highest BCUT2D eigenvalue weighted by Crippen LogP contribution is 2.42. The molecule has 2 N–H and O–H groups in total. The number of ether oxygens (including phenoxy) is 3. The van der Waals surface area contributed by atoms with E-state index in [0.29, 0.717) is 35.8 Å². The minimum absolute atomic E-state index is 0.0377. The zero-order valence-electron chi connectivity index (χ0n) is 23.5. The SMILES string of the molecule is CC[C@H]1O[C@]2(CC[C@@H]1C)C[C@@H](O)C[C@@H](C/C=C(\C)C[C@@H](C)/C=C/C=C1/COC(=O)c3cc(C)c(O)cc31)O2. The Balaban J connectivity index is 1.33. The molecule has 6 heteroatoms. The Morgan fingerprint density at radius 1 is 1.26 bits per heavy atom. The van der Waals surface area contributed by atoms with Crippen LogP contribution in [0.15, 0.2) is 42.0 Å². The lowest BCUT2D eigenvalue weighted by atomic mass is 9.85. The number of benzene rings is 1. The van der Waals surface area contributed by atoms with Crippen molar-refractivity contribution in [3.8, 4) is 5.75 Å². The molecule has 4 rings (SSSR count). The zero-order valence-corrected chi connectivity index (χ0v) is 23.5. The summed E-state index contributed by atoms with van der Waals surface area (Å²) >= 11 is 0. The van der Waals surface area contributed by atoms with Crippen molar-refractivity contribution in [2.24, 2.45) is 11.8 Å². The fourth-order valence-electron chi connectivity index (χ4n) is 6.02. The van der Waals surface area contributed by atoms with Crippen LogP contribution in [0.2, 0.25) is 0 Å². The molecule has 2 saturated heterocycles. The normalized spacial score (nSPS) is 32.0. The Bertz CT molecular complexity index is 1100. The molecule has 1 aromatic carbocycles. The fourth-order valence-corrected chi connectivity index (χ4v) is 6.02. The van der Waals surface area contributed by atoms with Gasteiger partial charge in [-0.25, -0.2) is 4.79 Å². The van der Waals surface area contributed by atoms with Gasteiger partial charge in [-0.3, -0.25) is 0 Å². The summed E-state index contributed by atoms with van der Waals surface area (Å²) in [6.07, 6.45) is 13.9. The van der Waals surface area contributed by atoms with Crippen LogP contribution in [0.5, 0.6) is 5.75 Å². The fraction of sp³-hybridized carbons (Fsp3) is 0.594. The molecule has 38 heavy (non-hydrogen) atoms. The van der Waals surface area contributed by atoms with Gasteiger partial charge < -0.3 is 24.4 Å². The van der Waals surface area contributed by atoms with E-state index in [1.165, 1.54) is 5.57 Å². The number of carbonyl (C=O) groups excluding carboxylic acids is 1. The molecule has 208 valence electrons. The molecule has 0 bridgehead atoms. The Hall–Kier alpha value is -2.41. The van der Waals surface area contributed by atoms with Crippen molar-refractivity contribution in [3.05, 3.63) is 58.7 Å². The number of hydrogen-bond donors (Lipinski definition) is 2. The van der Waals surface area contributed by atoms with Crippen LogP contribution in [-0.4, -0.2) is 46.9 Å².